The van der Waals surface area contributed by atoms with Crippen LogP contribution in [0.2, 0.25) is 5.02 Å². The van der Waals surface area contributed by atoms with Gasteiger partial charge in [0, 0.05) is 34.1 Å². The molecule has 2 aromatic heterocycles. The Morgan fingerprint density at radius 1 is 1.28 bits per heavy atom. The monoisotopic (exact) mass is 379 g/mol. The minimum atomic E-state index is -0.690. The lowest BCUT2D eigenvalue weighted by Gasteiger charge is -2.04. The van der Waals surface area contributed by atoms with Crippen molar-refractivity contribution in [1.29, 1.82) is 0 Å². The molecule has 0 atom stereocenters. The van der Waals surface area contributed by atoms with Crippen LogP contribution in [0.1, 0.15) is 31.4 Å². The summed E-state index contributed by atoms with van der Waals surface area (Å²) >= 11 is 7.23. The normalized spacial score (nSPS) is 11.1. The van der Waals surface area contributed by atoms with Gasteiger partial charge in [-0.3, -0.25) is 4.79 Å². The molecule has 7 heteroatoms. The SMILES string of the molecule is Cc1cc(C(=O)COC(=O)c2sc3cc(F)ccc3c2Cl)c(C)n1C. The zero-order valence-electron chi connectivity index (χ0n) is 13.9. The van der Waals surface area contributed by atoms with Crippen molar-refractivity contribution in [3.05, 3.63) is 56.9 Å². The molecule has 0 amide bonds. The molecule has 0 spiro atoms. The van der Waals surface area contributed by atoms with E-state index < -0.39 is 11.8 Å². The Morgan fingerprint density at radius 2 is 2.00 bits per heavy atom. The molecule has 0 saturated carbocycles. The first-order valence-corrected chi connectivity index (χ1v) is 8.70. The molecule has 0 unspecified atom stereocenters. The number of thiophene rings is 1. The van der Waals surface area contributed by atoms with Crippen LogP contribution in [0.15, 0.2) is 24.3 Å². The van der Waals surface area contributed by atoms with Crippen LogP contribution in [0, 0.1) is 19.7 Å². The standard InChI is InChI=1S/C18H15ClFNO3S/c1-9-6-13(10(2)21(9)3)14(22)8-24-18(23)17-16(19)12-5-4-11(20)7-15(12)25-17/h4-7H,8H2,1-3H3. The van der Waals surface area contributed by atoms with Crippen molar-refractivity contribution >= 4 is 44.8 Å². The zero-order valence-corrected chi connectivity index (χ0v) is 15.4. The van der Waals surface area contributed by atoms with Gasteiger partial charge in [-0.1, -0.05) is 11.6 Å². The molecule has 0 radical (unpaired) electrons. The lowest BCUT2D eigenvalue weighted by Crippen LogP contribution is -2.14. The molecular formula is C18H15ClFNO3S. The lowest BCUT2D eigenvalue weighted by molar-refractivity contribution is 0.0479. The zero-order chi connectivity index (χ0) is 18.3. The highest BCUT2D eigenvalue weighted by molar-refractivity contribution is 7.21. The fourth-order valence-corrected chi connectivity index (χ4v) is 4.01. The van der Waals surface area contributed by atoms with E-state index in [1.165, 1.54) is 18.2 Å². The Labute approximate surface area is 152 Å². The smallest absolute Gasteiger partial charge is 0.350 e. The Kier molecular flexibility index (Phi) is 4.67. The van der Waals surface area contributed by atoms with Gasteiger partial charge in [0.15, 0.2) is 6.61 Å². The van der Waals surface area contributed by atoms with E-state index in [9.17, 15) is 14.0 Å². The van der Waals surface area contributed by atoms with Gasteiger partial charge in [0.2, 0.25) is 5.78 Å². The van der Waals surface area contributed by atoms with Crippen molar-refractivity contribution < 1.29 is 18.7 Å². The quantitative estimate of drug-likeness (QED) is 0.488. The van der Waals surface area contributed by atoms with Crippen LogP contribution >= 0.6 is 22.9 Å². The molecule has 25 heavy (non-hydrogen) atoms. The Bertz CT molecular complexity index is 1010. The van der Waals surface area contributed by atoms with E-state index in [0.29, 0.717) is 15.6 Å². The van der Waals surface area contributed by atoms with Gasteiger partial charge >= 0.3 is 5.97 Å². The Hall–Kier alpha value is -2.18. The number of halogens is 2. The van der Waals surface area contributed by atoms with Crippen LogP contribution < -0.4 is 0 Å². The number of hydrogen-bond acceptors (Lipinski definition) is 4. The van der Waals surface area contributed by atoms with E-state index in [0.717, 1.165) is 22.7 Å². The fourth-order valence-electron chi connectivity index (χ4n) is 2.58. The molecule has 0 aliphatic rings. The predicted octanol–water partition coefficient (Wildman–Crippen LogP) is 4.69. The molecule has 3 aromatic rings. The molecule has 130 valence electrons. The maximum Gasteiger partial charge on any atom is 0.350 e. The van der Waals surface area contributed by atoms with Crippen LogP contribution in [0.4, 0.5) is 4.39 Å². The van der Waals surface area contributed by atoms with E-state index in [4.69, 9.17) is 16.3 Å². The first-order chi connectivity index (χ1) is 11.8. The molecule has 0 saturated heterocycles. The first-order valence-electron chi connectivity index (χ1n) is 7.50. The van der Waals surface area contributed by atoms with Crippen LogP contribution in [-0.4, -0.2) is 22.9 Å². The van der Waals surface area contributed by atoms with E-state index in [1.54, 1.807) is 6.07 Å². The minimum Gasteiger partial charge on any atom is -0.453 e. The number of ether oxygens (including phenoxy) is 1. The lowest BCUT2D eigenvalue weighted by atomic mass is 10.1. The maximum atomic E-state index is 13.3. The topological polar surface area (TPSA) is 48.3 Å². The first kappa shape index (κ1) is 17.6. The number of ketones is 1. The van der Waals surface area contributed by atoms with Gasteiger partial charge in [-0.15, -0.1) is 11.3 Å². The van der Waals surface area contributed by atoms with Gasteiger partial charge < -0.3 is 9.30 Å². The van der Waals surface area contributed by atoms with E-state index in [2.05, 4.69) is 0 Å². The highest BCUT2D eigenvalue weighted by Gasteiger charge is 2.21. The number of hydrogen-bond donors (Lipinski definition) is 0. The van der Waals surface area contributed by atoms with Gasteiger partial charge in [-0.25, -0.2) is 9.18 Å². The number of esters is 1. The fraction of sp³-hybridized carbons (Fsp3) is 0.222. The van der Waals surface area contributed by atoms with Crippen LogP contribution in [0.3, 0.4) is 0 Å². The number of aryl methyl sites for hydroxylation is 1. The minimum absolute atomic E-state index is 0.163. The van der Waals surface area contributed by atoms with Gasteiger partial charge in [0.1, 0.15) is 10.7 Å². The van der Waals surface area contributed by atoms with Crippen LogP contribution in [0.25, 0.3) is 10.1 Å². The average molecular weight is 380 g/mol. The number of Topliss-reactive ketones (excluding diaryl/α,β-unsaturated/α-hetero) is 1. The van der Waals surface area contributed by atoms with E-state index in [-0.39, 0.29) is 22.3 Å². The third-order valence-electron chi connectivity index (χ3n) is 4.19. The summed E-state index contributed by atoms with van der Waals surface area (Å²) in [6.45, 7) is 3.35. The van der Waals surface area contributed by atoms with E-state index >= 15 is 0 Å². The number of rotatable bonds is 4. The molecule has 0 aliphatic carbocycles. The Morgan fingerprint density at radius 3 is 2.64 bits per heavy atom. The van der Waals surface area contributed by atoms with Gasteiger partial charge in [-0.2, -0.15) is 0 Å². The molecule has 2 heterocycles. The van der Waals surface area contributed by atoms with Crippen molar-refractivity contribution in [2.75, 3.05) is 6.61 Å². The predicted molar refractivity (Wildman–Crippen MR) is 96.3 cm³/mol. The average Bonchev–Trinajstić information content (AvgIpc) is 3.04. The van der Waals surface area contributed by atoms with Gasteiger partial charge in [-0.05, 0) is 38.1 Å². The Balaban J connectivity index is 1.77. The largest absolute Gasteiger partial charge is 0.453 e. The molecule has 4 nitrogen and oxygen atoms in total. The number of fused-ring (bicyclic) bond motifs is 1. The second-order valence-corrected chi connectivity index (χ2v) is 7.16. The second kappa shape index (κ2) is 6.61. The molecule has 0 fully saturated rings. The number of aromatic nitrogens is 1. The summed E-state index contributed by atoms with van der Waals surface area (Å²) < 4.78 is 20.9. The van der Waals surface area contributed by atoms with Crippen molar-refractivity contribution in [2.24, 2.45) is 7.05 Å². The molecular weight excluding hydrogens is 365 g/mol. The number of nitrogens with zero attached hydrogens (tertiary/aromatic N) is 1. The maximum absolute atomic E-state index is 13.3. The highest BCUT2D eigenvalue weighted by atomic mass is 35.5. The van der Waals surface area contributed by atoms with Crippen LogP contribution in [0.5, 0.6) is 0 Å². The number of benzene rings is 1. The molecule has 0 bridgehead atoms. The van der Waals surface area contributed by atoms with E-state index in [1.807, 2.05) is 25.5 Å². The molecule has 1 aromatic carbocycles. The second-order valence-electron chi connectivity index (χ2n) is 5.73. The summed E-state index contributed by atoms with van der Waals surface area (Å²) in [5, 5.41) is 0.796. The molecule has 3 rings (SSSR count). The number of carbonyl (C=O) groups is 2. The number of carbonyl (C=O) groups excluding carboxylic acids is 2. The third-order valence-corrected chi connectivity index (χ3v) is 5.82. The van der Waals surface area contributed by atoms with Crippen molar-refractivity contribution in [3.8, 4) is 0 Å². The van der Waals surface area contributed by atoms with Crippen LogP contribution in [-0.2, 0) is 11.8 Å². The van der Waals surface area contributed by atoms with Crippen molar-refractivity contribution in [3.63, 3.8) is 0 Å². The van der Waals surface area contributed by atoms with Gasteiger partial charge in [0.25, 0.3) is 0 Å². The summed E-state index contributed by atoms with van der Waals surface area (Å²) in [7, 11) is 1.86. The summed E-state index contributed by atoms with van der Waals surface area (Å²) in [5.41, 5.74) is 2.29. The highest BCUT2D eigenvalue weighted by Crippen LogP contribution is 2.36. The summed E-state index contributed by atoms with van der Waals surface area (Å²) in [6, 6.07) is 5.87. The summed E-state index contributed by atoms with van der Waals surface area (Å²) in [5.74, 6) is -1.38. The van der Waals surface area contributed by atoms with Crippen molar-refractivity contribution in [1.82, 2.24) is 4.57 Å². The van der Waals surface area contributed by atoms with Crippen molar-refractivity contribution in [2.45, 2.75) is 13.8 Å². The molecule has 0 N–H and O–H groups in total. The summed E-state index contributed by atoms with van der Waals surface area (Å²) in [4.78, 5) is 24.7. The molecule has 0 aliphatic heterocycles. The van der Waals surface area contributed by atoms with Gasteiger partial charge in [0.05, 0.1) is 5.02 Å². The third kappa shape index (κ3) is 3.19. The summed E-state index contributed by atoms with van der Waals surface area (Å²) in [6.07, 6.45) is 0.